The molecule has 4 heteroatoms. The van der Waals surface area contributed by atoms with Crippen LogP contribution < -0.4 is 0 Å². The van der Waals surface area contributed by atoms with Crippen LogP contribution in [0, 0.1) is 10.1 Å². The van der Waals surface area contributed by atoms with Gasteiger partial charge in [0.15, 0.2) is 0 Å². The van der Waals surface area contributed by atoms with E-state index in [1.807, 2.05) is 18.2 Å². The second kappa shape index (κ2) is 4.07. The highest BCUT2D eigenvalue weighted by atomic mass is 16.6. The average Bonchev–Trinajstić information content (AvgIpc) is 2.57. The van der Waals surface area contributed by atoms with Gasteiger partial charge in [0.2, 0.25) is 0 Å². The van der Waals surface area contributed by atoms with Crippen LogP contribution in [0.3, 0.4) is 0 Å². The summed E-state index contributed by atoms with van der Waals surface area (Å²) in [5, 5.41) is 10.8. The van der Waals surface area contributed by atoms with E-state index in [1.165, 1.54) is 0 Å². The predicted octanol–water partition coefficient (Wildman–Crippen LogP) is 3.23. The van der Waals surface area contributed by atoms with Crippen LogP contribution in [-0.4, -0.2) is 9.91 Å². The summed E-state index contributed by atoms with van der Waals surface area (Å²) in [6.07, 6.45) is 8.30. The first-order valence-corrected chi connectivity index (χ1v) is 5.64. The molecule has 3 rings (SSSR count). The summed E-state index contributed by atoms with van der Waals surface area (Å²) in [5.41, 5.74) is 4.24. The quantitative estimate of drug-likeness (QED) is 0.566. The van der Waals surface area contributed by atoms with E-state index in [0.717, 1.165) is 22.3 Å². The van der Waals surface area contributed by atoms with E-state index in [2.05, 4.69) is 4.98 Å². The van der Waals surface area contributed by atoms with Crippen molar-refractivity contribution in [3.05, 3.63) is 64.0 Å². The zero-order valence-electron chi connectivity index (χ0n) is 9.54. The Morgan fingerprint density at radius 3 is 2.94 bits per heavy atom. The van der Waals surface area contributed by atoms with Crippen molar-refractivity contribution in [1.29, 1.82) is 0 Å². The molecule has 0 N–H and O–H groups in total. The Hall–Kier alpha value is -2.49. The molecule has 0 fully saturated rings. The van der Waals surface area contributed by atoms with Gasteiger partial charge < -0.3 is 0 Å². The molecule has 1 aromatic heterocycles. The third kappa shape index (κ3) is 1.68. The molecule has 0 aliphatic heterocycles. The molecule has 1 aliphatic rings. The number of hydrogen-bond acceptors (Lipinski definition) is 3. The van der Waals surface area contributed by atoms with Crippen molar-refractivity contribution in [3.8, 4) is 11.1 Å². The van der Waals surface area contributed by atoms with Crippen molar-refractivity contribution in [2.45, 2.75) is 6.42 Å². The third-order valence-corrected chi connectivity index (χ3v) is 3.08. The van der Waals surface area contributed by atoms with Crippen LogP contribution in [0.1, 0.15) is 11.1 Å². The summed E-state index contributed by atoms with van der Waals surface area (Å²) in [6.45, 7) is 0. The Labute approximate surface area is 104 Å². The Morgan fingerprint density at radius 2 is 2.11 bits per heavy atom. The second-order valence-electron chi connectivity index (χ2n) is 4.17. The highest BCUT2D eigenvalue weighted by Gasteiger charge is 2.15. The summed E-state index contributed by atoms with van der Waals surface area (Å²) in [5.74, 6) is 0. The van der Waals surface area contributed by atoms with Gasteiger partial charge in [0, 0.05) is 30.1 Å². The molecule has 0 atom stereocenters. The highest BCUT2D eigenvalue weighted by Crippen LogP contribution is 2.32. The van der Waals surface area contributed by atoms with Gasteiger partial charge in [-0.1, -0.05) is 12.2 Å². The highest BCUT2D eigenvalue weighted by molar-refractivity contribution is 5.79. The van der Waals surface area contributed by atoms with E-state index in [9.17, 15) is 10.1 Å². The van der Waals surface area contributed by atoms with Gasteiger partial charge in [0.05, 0.1) is 4.92 Å². The first-order valence-electron chi connectivity index (χ1n) is 5.64. The van der Waals surface area contributed by atoms with Crippen LogP contribution in [0.2, 0.25) is 0 Å². The van der Waals surface area contributed by atoms with Crippen molar-refractivity contribution in [1.82, 2.24) is 4.98 Å². The lowest BCUT2D eigenvalue weighted by atomic mass is 9.98. The SMILES string of the molecule is O=[N+]([O-])c1ccc2c(c1)CC=Cc1ccncc1-2. The molecular weight excluding hydrogens is 228 g/mol. The molecule has 0 bridgehead atoms. The number of nitro benzene ring substituents is 1. The number of hydrogen-bond donors (Lipinski definition) is 0. The number of allylic oxidation sites excluding steroid dienone is 1. The van der Waals surface area contributed by atoms with Crippen LogP contribution in [0.15, 0.2) is 42.7 Å². The minimum atomic E-state index is -0.362. The lowest BCUT2D eigenvalue weighted by Gasteiger charge is -2.07. The van der Waals surface area contributed by atoms with E-state index in [0.29, 0.717) is 6.42 Å². The Bertz CT molecular complexity index is 663. The van der Waals surface area contributed by atoms with Gasteiger partial charge in [-0.25, -0.2) is 0 Å². The fourth-order valence-electron chi connectivity index (χ4n) is 2.21. The maximum absolute atomic E-state index is 10.8. The molecular formula is C14H10N2O2. The second-order valence-corrected chi connectivity index (χ2v) is 4.17. The molecule has 18 heavy (non-hydrogen) atoms. The van der Waals surface area contributed by atoms with Crippen molar-refractivity contribution < 1.29 is 4.92 Å². The molecule has 0 saturated carbocycles. The minimum Gasteiger partial charge on any atom is -0.264 e. The van der Waals surface area contributed by atoms with E-state index < -0.39 is 0 Å². The number of nitrogens with zero attached hydrogens (tertiary/aromatic N) is 2. The summed E-state index contributed by atoms with van der Waals surface area (Å²) in [6, 6.07) is 6.94. The van der Waals surface area contributed by atoms with Gasteiger partial charge in [-0.3, -0.25) is 15.1 Å². The summed E-state index contributed by atoms with van der Waals surface area (Å²) in [4.78, 5) is 14.6. The first-order chi connectivity index (χ1) is 8.75. The minimum absolute atomic E-state index is 0.134. The molecule has 4 nitrogen and oxygen atoms in total. The number of aromatic nitrogens is 1. The van der Waals surface area contributed by atoms with E-state index in [4.69, 9.17) is 0 Å². The molecule has 0 amide bonds. The predicted molar refractivity (Wildman–Crippen MR) is 69.1 cm³/mol. The maximum Gasteiger partial charge on any atom is 0.269 e. The van der Waals surface area contributed by atoms with Crippen LogP contribution in [0.25, 0.3) is 17.2 Å². The van der Waals surface area contributed by atoms with Gasteiger partial charge in [-0.2, -0.15) is 0 Å². The molecule has 0 unspecified atom stereocenters. The van der Waals surface area contributed by atoms with Crippen molar-refractivity contribution in [2.24, 2.45) is 0 Å². The number of non-ortho nitro benzene ring substituents is 1. The lowest BCUT2D eigenvalue weighted by molar-refractivity contribution is -0.384. The summed E-state index contributed by atoms with van der Waals surface area (Å²) in [7, 11) is 0. The molecule has 0 radical (unpaired) electrons. The van der Waals surface area contributed by atoms with Gasteiger partial charge in [0.1, 0.15) is 0 Å². The molecule has 0 saturated heterocycles. The standard InChI is InChI=1S/C14H10N2O2/c17-16(18)12-4-5-13-11(8-12)3-1-2-10-6-7-15-9-14(10)13/h1-2,4-9H,3H2. The maximum atomic E-state index is 10.8. The zero-order valence-corrected chi connectivity index (χ0v) is 9.54. The zero-order chi connectivity index (χ0) is 12.5. The lowest BCUT2D eigenvalue weighted by Crippen LogP contribution is -1.93. The topological polar surface area (TPSA) is 56.0 Å². The molecule has 1 aliphatic carbocycles. The van der Waals surface area contributed by atoms with Crippen molar-refractivity contribution >= 4 is 11.8 Å². The first kappa shape index (κ1) is 10.7. The fraction of sp³-hybridized carbons (Fsp3) is 0.0714. The van der Waals surface area contributed by atoms with Gasteiger partial charge >= 0.3 is 0 Å². The van der Waals surface area contributed by atoms with Gasteiger partial charge in [0.25, 0.3) is 5.69 Å². The Balaban J connectivity index is 2.23. The number of fused-ring (bicyclic) bond motifs is 3. The molecule has 88 valence electrons. The third-order valence-electron chi connectivity index (χ3n) is 3.08. The Kier molecular flexibility index (Phi) is 2.41. The van der Waals surface area contributed by atoms with Crippen molar-refractivity contribution in [3.63, 3.8) is 0 Å². The summed E-state index contributed by atoms with van der Waals surface area (Å²) < 4.78 is 0. The number of rotatable bonds is 1. The molecule has 0 spiro atoms. The smallest absolute Gasteiger partial charge is 0.264 e. The van der Waals surface area contributed by atoms with Gasteiger partial charge in [-0.15, -0.1) is 0 Å². The van der Waals surface area contributed by atoms with Crippen LogP contribution in [0.4, 0.5) is 5.69 Å². The van der Waals surface area contributed by atoms with Crippen molar-refractivity contribution in [2.75, 3.05) is 0 Å². The van der Waals surface area contributed by atoms with Crippen LogP contribution in [0.5, 0.6) is 0 Å². The van der Waals surface area contributed by atoms with E-state index >= 15 is 0 Å². The summed E-state index contributed by atoms with van der Waals surface area (Å²) >= 11 is 0. The number of nitro groups is 1. The van der Waals surface area contributed by atoms with E-state index in [-0.39, 0.29) is 10.6 Å². The van der Waals surface area contributed by atoms with Crippen LogP contribution in [-0.2, 0) is 6.42 Å². The number of pyridine rings is 1. The molecule has 2 aromatic rings. The average molecular weight is 238 g/mol. The van der Waals surface area contributed by atoms with E-state index in [1.54, 1.807) is 30.6 Å². The fourth-order valence-corrected chi connectivity index (χ4v) is 2.21. The number of benzene rings is 1. The molecule has 1 heterocycles. The monoisotopic (exact) mass is 238 g/mol. The normalized spacial score (nSPS) is 12.4. The molecule has 1 aromatic carbocycles. The van der Waals surface area contributed by atoms with Crippen LogP contribution >= 0.6 is 0 Å². The van der Waals surface area contributed by atoms with Gasteiger partial charge in [-0.05, 0) is 35.2 Å². The largest absolute Gasteiger partial charge is 0.269 e. The Morgan fingerprint density at radius 1 is 1.22 bits per heavy atom.